The number of anilines is 1. The number of nitrogens with one attached hydrogen (secondary N) is 1. The summed E-state index contributed by atoms with van der Waals surface area (Å²) in [7, 11) is 0. The van der Waals surface area contributed by atoms with E-state index in [0.717, 1.165) is 5.56 Å². The Labute approximate surface area is 168 Å². The molecule has 1 atom stereocenters. The number of halogens is 2. The Kier molecular flexibility index (Phi) is 6.51. The molecule has 1 N–H and O–H groups in total. The maximum Gasteiger partial charge on any atom is 0.173 e. The maximum atomic E-state index is 13.9. The third-order valence-electron chi connectivity index (χ3n) is 4.03. The molecule has 0 amide bonds. The van der Waals surface area contributed by atoms with Gasteiger partial charge in [-0.15, -0.1) is 6.42 Å². The summed E-state index contributed by atoms with van der Waals surface area (Å²) in [5.41, 5.74) is 1.01. The van der Waals surface area contributed by atoms with E-state index in [1.54, 1.807) is 6.07 Å². The largest absolute Gasteiger partial charge is 0.491 e. The van der Waals surface area contributed by atoms with E-state index in [4.69, 9.17) is 39.7 Å². The Bertz CT molecular complexity index is 871. The van der Waals surface area contributed by atoms with Gasteiger partial charge in [-0.3, -0.25) is 0 Å². The van der Waals surface area contributed by atoms with Crippen LogP contribution in [-0.2, 0) is 4.74 Å². The summed E-state index contributed by atoms with van der Waals surface area (Å²) in [5, 5.41) is 3.76. The van der Waals surface area contributed by atoms with E-state index in [1.165, 1.54) is 18.2 Å². The van der Waals surface area contributed by atoms with E-state index in [2.05, 4.69) is 11.2 Å². The standard InChI is InChI=1S/C20H18ClFN2O2S/c1-2-14-4-3-5-16(10-14)26-13-17-12-24(8-9-25-17)20(27)23-19-11-15(21)6-7-18(19)22/h1,3-7,10-11,17H,8-9,12-13H2,(H,23,27). The van der Waals surface area contributed by atoms with Crippen molar-refractivity contribution in [2.75, 3.05) is 31.6 Å². The number of ether oxygens (including phenoxy) is 2. The monoisotopic (exact) mass is 404 g/mol. The highest BCUT2D eigenvalue weighted by molar-refractivity contribution is 7.80. The van der Waals surface area contributed by atoms with Crippen LogP contribution < -0.4 is 10.1 Å². The van der Waals surface area contributed by atoms with Gasteiger partial charge in [0.1, 0.15) is 24.3 Å². The maximum absolute atomic E-state index is 13.9. The zero-order chi connectivity index (χ0) is 19.2. The molecule has 1 aliphatic heterocycles. The third-order valence-corrected chi connectivity index (χ3v) is 4.63. The second-order valence-electron chi connectivity index (χ2n) is 5.98. The van der Waals surface area contributed by atoms with Gasteiger partial charge in [-0.1, -0.05) is 23.6 Å². The van der Waals surface area contributed by atoms with Crippen LogP contribution in [0.2, 0.25) is 5.02 Å². The predicted molar refractivity (Wildman–Crippen MR) is 109 cm³/mol. The fraction of sp³-hybridized carbons (Fsp3) is 0.250. The molecule has 0 saturated carbocycles. The van der Waals surface area contributed by atoms with Gasteiger partial charge in [0.25, 0.3) is 0 Å². The van der Waals surface area contributed by atoms with Crippen LogP contribution in [0.1, 0.15) is 5.56 Å². The molecule has 2 aromatic rings. The number of hydrogen-bond donors (Lipinski definition) is 1. The molecule has 1 heterocycles. The van der Waals surface area contributed by atoms with E-state index < -0.39 is 5.82 Å². The van der Waals surface area contributed by atoms with Crippen molar-refractivity contribution in [3.63, 3.8) is 0 Å². The van der Waals surface area contributed by atoms with Crippen molar-refractivity contribution in [2.45, 2.75) is 6.10 Å². The molecule has 4 nitrogen and oxygen atoms in total. The average Bonchev–Trinajstić information content (AvgIpc) is 2.69. The molecule has 0 aromatic heterocycles. The molecule has 0 spiro atoms. The summed E-state index contributed by atoms with van der Waals surface area (Å²) in [6.45, 7) is 2.00. The molecule has 0 aliphatic carbocycles. The van der Waals surface area contributed by atoms with Crippen molar-refractivity contribution < 1.29 is 13.9 Å². The molecule has 7 heteroatoms. The number of morpholine rings is 1. The highest BCUT2D eigenvalue weighted by Crippen LogP contribution is 2.21. The average molecular weight is 405 g/mol. The molecule has 1 unspecified atom stereocenters. The predicted octanol–water partition coefficient (Wildman–Crippen LogP) is 3.94. The lowest BCUT2D eigenvalue weighted by molar-refractivity contribution is -0.0280. The zero-order valence-corrected chi connectivity index (χ0v) is 16.0. The molecule has 1 aliphatic rings. The minimum absolute atomic E-state index is 0.169. The lowest BCUT2D eigenvalue weighted by Crippen LogP contribution is -2.49. The minimum Gasteiger partial charge on any atom is -0.491 e. The van der Waals surface area contributed by atoms with Gasteiger partial charge in [0, 0.05) is 23.7 Å². The molecule has 1 fully saturated rings. The summed E-state index contributed by atoms with van der Waals surface area (Å²) < 4.78 is 25.4. The Balaban J connectivity index is 1.56. The fourth-order valence-electron chi connectivity index (χ4n) is 2.66. The van der Waals surface area contributed by atoms with Crippen molar-refractivity contribution in [3.05, 3.63) is 58.9 Å². The Morgan fingerprint density at radius 2 is 2.26 bits per heavy atom. The first kappa shape index (κ1) is 19.4. The molecule has 0 radical (unpaired) electrons. The molecule has 140 valence electrons. The van der Waals surface area contributed by atoms with Crippen molar-refractivity contribution in [1.82, 2.24) is 4.90 Å². The Morgan fingerprint density at radius 1 is 1.41 bits per heavy atom. The first-order valence-electron chi connectivity index (χ1n) is 8.37. The van der Waals surface area contributed by atoms with Gasteiger partial charge in [-0.05, 0) is 48.6 Å². The zero-order valence-electron chi connectivity index (χ0n) is 14.5. The van der Waals surface area contributed by atoms with Crippen LogP contribution in [0.5, 0.6) is 5.75 Å². The first-order chi connectivity index (χ1) is 13.0. The van der Waals surface area contributed by atoms with Gasteiger partial charge < -0.3 is 19.7 Å². The number of thiocarbonyl (C=S) groups is 1. The van der Waals surface area contributed by atoms with Crippen molar-refractivity contribution in [2.24, 2.45) is 0 Å². The second-order valence-corrected chi connectivity index (χ2v) is 6.80. The van der Waals surface area contributed by atoms with Gasteiger partial charge in [-0.25, -0.2) is 4.39 Å². The van der Waals surface area contributed by atoms with Gasteiger partial charge >= 0.3 is 0 Å². The van der Waals surface area contributed by atoms with Crippen molar-refractivity contribution >= 4 is 34.6 Å². The number of terminal acetylenes is 1. The lowest BCUT2D eigenvalue weighted by atomic mass is 10.2. The first-order valence-corrected chi connectivity index (χ1v) is 9.16. The van der Waals surface area contributed by atoms with E-state index in [-0.39, 0.29) is 11.8 Å². The smallest absolute Gasteiger partial charge is 0.173 e. The third kappa shape index (κ3) is 5.33. The number of nitrogens with zero attached hydrogens (tertiary/aromatic N) is 1. The molecule has 2 aromatic carbocycles. The van der Waals surface area contributed by atoms with Crippen molar-refractivity contribution in [1.29, 1.82) is 0 Å². The molecule has 27 heavy (non-hydrogen) atoms. The molecular weight excluding hydrogens is 387 g/mol. The molecule has 1 saturated heterocycles. The highest BCUT2D eigenvalue weighted by atomic mass is 35.5. The molecule has 0 bridgehead atoms. The van der Waals surface area contributed by atoms with Crippen LogP contribution in [0, 0.1) is 18.2 Å². The van der Waals surface area contributed by atoms with Crippen LogP contribution in [-0.4, -0.2) is 42.4 Å². The lowest BCUT2D eigenvalue weighted by Gasteiger charge is -2.34. The van der Waals surface area contributed by atoms with E-state index >= 15 is 0 Å². The van der Waals surface area contributed by atoms with Crippen LogP contribution >= 0.6 is 23.8 Å². The van der Waals surface area contributed by atoms with Crippen LogP contribution in [0.3, 0.4) is 0 Å². The molecular formula is C20H18ClFN2O2S. The van der Waals surface area contributed by atoms with E-state index in [1.807, 2.05) is 23.1 Å². The summed E-state index contributed by atoms with van der Waals surface area (Å²) in [5.74, 6) is 2.85. The normalized spacial score (nSPS) is 16.5. The van der Waals surface area contributed by atoms with Crippen LogP contribution in [0.4, 0.5) is 10.1 Å². The quantitative estimate of drug-likeness (QED) is 0.616. The fourth-order valence-corrected chi connectivity index (χ4v) is 3.10. The number of hydrogen-bond acceptors (Lipinski definition) is 3. The molecule has 3 rings (SSSR count). The number of benzene rings is 2. The Morgan fingerprint density at radius 3 is 3.07 bits per heavy atom. The minimum atomic E-state index is -0.414. The summed E-state index contributed by atoms with van der Waals surface area (Å²) in [6, 6.07) is 11.6. The van der Waals surface area contributed by atoms with E-state index in [9.17, 15) is 4.39 Å². The van der Waals surface area contributed by atoms with Gasteiger partial charge in [0.15, 0.2) is 5.11 Å². The van der Waals surface area contributed by atoms with Gasteiger partial charge in [-0.2, -0.15) is 0 Å². The SMILES string of the molecule is C#Cc1cccc(OCC2CN(C(=S)Nc3cc(Cl)ccc3F)CCO2)c1. The summed E-state index contributed by atoms with van der Waals surface area (Å²) in [4.78, 5) is 1.92. The van der Waals surface area contributed by atoms with Crippen LogP contribution in [0.15, 0.2) is 42.5 Å². The van der Waals surface area contributed by atoms with Gasteiger partial charge in [0.05, 0.1) is 12.3 Å². The highest BCUT2D eigenvalue weighted by Gasteiger charge is 2.23. The number of rotatable bonds is 4. The topological polar surface area (TPSA) is 33.7 Å². The Hall–Kier alpha value is -2.33. The van der Waals surface area contributed by atoms with Crippen LogP contribution in [0.25, 0.3) is 0 Å². The summed E-state index contributed by atoms with van der Waals surface area (Å²) in [6.07, 6.45) is 5.23. The summed E-state index contributed by atoms with van der Waals surface area (Å²) >= 11 is 11.3. The second kappa shape index (κ2) is 9.05. The van der Waals surface area contributed by atoms with E-state index in [0.29, 0.717) is 42.2 Å². The van der Waals surface area contributed by atoms with Gasteiger partial charge in [0.2, 0.25) is 0 Å². The van der Waals surface area contributed by atoms with Crippen molar-refractivity contribution in [3.8, 4) is 18.1 Å².